The summed E-state index contributed by atoms with van der Waals surface area (Å²) in [7, 11) is 0. The fourth-order valence-corrected chi connectivity index (χ4v) is 1.53. The van der Waals surface area contributed by atoms with Crippen molar-refractivity contribution in [1.82, 2.24) is 20.3 Å². The first-order chi connectivity index (χ1) is 7.74. The van der Waals surface area contributed by atoms with E-state index >= 15 is 0 Å². The maximum Gasteiger partial charge on any atom is 0.133 e. The van der Waals surface area contributed by atoms with E-state index in [2.05, 4.69) is 22.5 Å². The van der Waals surface area contributed by atoms with Crippen LogP contribution in [0.25, 0.3) is 0 Å². The Morgan fingerprint density at radius 1 is 1.56 bits per heavy atom. The minimum atomic E-state index is 0.344. The monoisotopic (exact) mass is 220 g/mol. The molecule has 0 aromatic carbocycles. The van der Waals surface area contributed by atoms with Gasteiger partial charge in [0.2, 0.25) is 0 Å². The van der Waals surface area contributed by atoms with Crippen molar-refractivity contribution in [1.29, 1.82) is 0 Å². The molecule has 0 fully saturated rings. The molecule has 0 aliphatic carbocycles. The van der Waals surface area contributed by atoms with Crippen LogP contribution in [0.2, 0.25) is 0 Å². The van der Waals surface area contributed by atoms with Crippen LogP contribution in [0, 0.1) is 6.92 Å². The van der Waals surface area contributed by atoms with E-state index < -0.39 is 0 Å². The minimum Gasteiger partial charge on any atom is -0.361 e. The lowest BCUT2D eigenvalue weighted by Crippen LogP contribution is -2.30. The molecule has 2 heterocycles. The van der Waals surface area contributed by atoms with Gasteiger partial charge in [-0.05, 0) is 19.9 Å². The van der Waals surface area contributed by atoms with Gasteiger partial charge in [-0.15, -0.1) is 0 Å². The molecule has 5 heteroatoms. The molecule has 86 valence electrons. The third kappa shape index (κ3) is 2.93. The second-order valence-electron chi connectivity index (χ2n) is 3.94. The van der Waals surface area contributed by atoms with Crippen LogP contribution in [-0.2, 0) is 13.1 Å². The molecule has 0 aliphatic heterocycles. The molecule has 2 aromatic heterocycles. The molecule has 0 radical (unpaired) electrons. The molecule has 0 amide bonds. The summed E-state index contributed by atoms with van der Waals surface area (Å²) in [5.41, 5.74) is 0.935. The van der Waals surface area contributed by atoms with Crippen LogP contribution >= 0.6 is 0 Å². The van der Waals surface area contributed by atoms with Gasteiger partial charge in [0.15, 0.2) is 0 Å². The molecule has 2 rings (SSSR count). The van der Waals surface area contributed by atoms with Crippen molar-refractivity contribution in [3.05, 3.63) is 36.0 Å². The zero-order valence-corrected chi connectivity index (χ0v) is 9.55. The first-order valence-corrected chi connectivity index (χ1v) is 5.37. The lowest BCUT2D eigenvalue weighted by Gasteiger charge is -2.12. The smallest absolute Gasteiger partial charge is 0.133 e. The van der Waals surface area contributed by atoms with Crippen molar-refractivity contribution in [2.45, 2.75) is 33.0 Å². The molecule has 0 bridgehead atoms. The van der Waals surface area contributed by atoms with Gasteiger partial charge in [0.1, 0.15) is 5.76 Å². The predicted octanol–water partition coefficient (Wildman–Crippen LogP) is 1.36. The Morgan fingerprint density at radius 2 is 2.44 bits per heavy atom. The normalized spacial score (nSPS) is 12.9. The van der Waals surface area contributed by atoms with E-state index in [-0.39, 0.29) is 0 Å². The molecule has 1 atom stereocenters. The van der Waals surface area contributed by atoms with Crippen molar-refractivity contribution < 1.29 is 4.52 Å². The van der Waals surface area contributed by atoms with Crippen LogP contribution in [0.5, 0.6) is 0 Å². The van der Waals surface area contributed by atoms with E-state index in [1.54, 1.807) is 6.20 Å². The van der Waals surface area contributed by atoms with Crippen molar-refractivity contribution in [3.63, 3.8) is 0 Å². The maximum atomic E-state index is 5.00. The lowest BCUT2D eigenvalue weighted by molar-refractivity contribution is 0.382. The summed E-state index contributed by atoms with van der Waals surface area (Å²) in [5.74, 6) is 0.844. The van der Waals surface area contributed by atoms with Gasteiger partial charge < -0.3 is 9.84 Å². The van der Waals surface area contributed by atoms with Gasteiger partial charge in [-0.1, -0.05) is 5.16 Å². The van der Waals surface area contributed by atoms with E-state index in [4.69, 9.17) is 4.52 Å². The molecule has 1 N–H and O–H groups in total. The first kappa shape index (κ1) is 10.9. The number of aryl methyl sites for hydroxylation is 1. The van der Waals surface area contributed by atoms with Gasteiger partial charge in [0.25, 0.3) is 0 Å². The number of nitrogens with zero attached hydrogens (tertiary/aromatic N) is 3. The SMILES string of the molecule is Cc1cc(CN[C@@H](C)Cn2cccn2)no1. The summed E-state index contributed by atoms with van der Waals surface area (Å²) >= 11 is 0. The zero-order valence-electron chi connectivity index (χ0n) is 9.55. The summed E-state index contributed by atoms with van der Waals surface area (Å²) in [6, 6.07) is 4.21. The van der Waals surface area contributed by atoms with E-state index in [9.17, 15) is 0 Å². The van der Waals surface area contributed by atoms with Gasteiger partial charge in [0, 0.05) is 31.0 Å². The molecular weight excluding hydrogens is 204 g/mol. The Hall–Kier alpha value is -1.62. The molecule has 0 spiro atoms. The lowest BCUT2D eigenvalue weighted by atomic mass is 10.3. The van der Waals surface area contributed by atoms with Crippen LogP contribution in [0.3, 0.4) is 0 Å². The Labute approximate surface area is 94.4 Å². The Morgan fingerprint density at radius 3 is 3.06 bits per heavy atom. The average Bonchev–Trinajstić information content (AvgIpc) is 2.87. The first-order valence-electron chi connectivity index (χ1n) is 5.37. The van der Waals surface area contributed by atoms with Gasteiger partial charge in [-0.3, -0.25) is 4.68 Å². The summed E-state index contributed by atoms with van der Waals surface area (Å²) in [5, 5.41) is 11.4. The number of hydrogen-bond donors (Lipinski definition) is 1. The fourth-order valence-electron chi connectivity index (χ4n) is 1.53. The number of aromatic nitrogens is 3. The molecule has 0 unspecified atom stereocenters. The van der Waals surface area contributed by atoms with Crippen molar-refractivity contribution in [2.75, 3.05) is 0 Å². The van der Waals surface area contributed by atoms with Gasteiger partial charge in [-0.2, -0.15) is 5.10 Å². The van der Waals surface area contributed by atoms with E-state index in [0.717, 1.165) is 24.5 Å². The minimum absolute atomic E-state index is 0.344. The van der Waals surface area contributed by atoms with Crippen LogP contribution in [0.15, 0.2) is 29.0 Å². The molecule has 0 saturated carbocycles. The van der Waals surface area contributed by atoms with E-state index in [0.29, 0.717) is 6.04 Å². The highest BCUT2D eigenvalue weighted by atomic mass is 16.5. The highest BCUT2D eigenvalue weighted by Gasteiger charge is 2.05. The predicted molar refractivity (Wildman–Crippen MR) is 59.8 cm³/mol. The second-order valence-corrected chi connectivity index (χ2v) is 3.94. The molecular formula is C11H16N4O. The number of nitrogens with one attached hydrogen (secondary N) is 1. The number of rotatable bonds is 5. The molecule has 16 heavy (non-hydrogen) atoms. The van der Waals surface area contributed by atoms with Gasteiger partial charge >= 0.3 is 0 Å². The highest BCUT2D eigenvalue weighted by molar-refractivity contribution is 5.03. The molecule has 5 nitrogen and oxygen atoms in total. The number of hydrogen-bond acceptors (Lipinski definition) is 4. The topological polar surface area (TPSA) is 55.9 Å². The zero-order chi connectivity index (χ0) is 11.4. The van der Waals surface area contributed by atoms with E-state index in [1.165, 1.54) is 0 Å². The Balaban J connectivity index is 1.77. The molecule has 0 aliphatic rings. The van der Waals surface area contributed by atoms with Gasteiger partial charge in [-0.25, -0.2) is 0 Å². The van der Waals surface area contributed by atoms with Crippen molar-refractivity contribution in [2.24, 2.45) is 0 Å². The third-order valence-electron chi connectivity index (χ3n) is 2.33. The van der Waals surface area contributed by atoms with Gasteiger partial charge in [0.05, 0.1) is 12.2 Å². The van der Waals surface area contributed by atoms with E-state index in [1.807, 2.05) is 29.9 Å². The average molecular weight is 220 g/mol. The summed E-state index contributed by atoms with van der Waals surface area (Å²) in [4.78, 5) is 0. The largest absolute Gasteiger partial charge is 0.361 e. The third-order valence-corrected chi connectivity index (χ3v) is 2.33. The quantitative estimate of drug-likeness (QED) is 0.826. The van der Waals surface area contributed by atoms with Crippen LogP contribution in [0.4, 0.5) is 0 Å². The molecule has 0 saturated heterocycles. The Kier molecular flexibility index (Phi) is 3.36. The summed E-state index contributed by atoms with van der Waals surface area (Å²) in [6.07, 6.45) is 3.74. The second kappa shape index (κ2) is 4.94. The molecule has 2 aromatic rings. The van der Waals surface area contributed by atoms with Crippen molar-refractivity contribution in [3.8, 4) is 0 Å². The highest BCUT2D eigenvalue weighted by Crippen LogP contribution is 2.01. The summed E-state index contributed by atoms with van der Waals surface area (Å²) < 4.78 is 6.90. The maximum absolute atomic E-state index is 5.00. The van der Waals surface area contributed by atoms with Crippen LogP contribution in [-0.4, -0.2) is 21.0 Å². The standard InChI is InChI=1S/C11H16N4O/c1-9(8-15-5-3-4-13-15)12-7-11-6-10(2)16-14-11/h3-6,9,12H,7-8H2,1-2H3/t9-/m0/s1. The Bertz CT molecular complexity index is 421. The van der Waals surface area contributed by atoms with Crippen molar-refractivity contribution >= 4 is 0 Å². The summed E-state index contributed by atoms with van der Waals surface area (Å²) in [6.45, 7) is 5.59. The van der Waals surface area contributed by atoms with Crippen LogP contribution < -0.4 is 5.32 Å². The fraction of sp³-hybridized carbons (Fsp3) is 0.455. The van der Waals surface area contributed by atoms with Crippen LogP contribution in [0.1, 0.15) is 18.4 Å².